The maximum absolute atomic E-state index is 14.0. The monoisotopic (exact) mass is 516 g/mol. The van der Waals surface area contributed by atoms with E-state index in [2.05, 4.69) is 20.4 Å². The Morgan fingerprint density at radius 1 is 1.34 bits per heavy atom. The zero-order valence-electron chi connectivity index (χ0n) is 18.4. The third kappa shape index (κ3) is 4.19. The van der Waals surface area contributed by atoms with Crippen LogP contribution in [0.15, 0.2) is 41.3 Å². The summed E-state index contributed by atoms with van der Waals surface area (Å²) in [5.74, 6) is -0.487. The van der Waals surface area contributed by atoms with E-state index < -0.39 is 11.9 Å². The van der Waals surface area contributed by atoms with Gasteiger partial charge in [0, 0.05) is 35.4 Å². The molecule has 35 heavy (non-hydrogen) atoms. The van der Waals surface area contributed by atoms with Crippen LogP contribution in [0.2, 0.25) is 10.0 Å². The van der Waals surface area contributed by atoms with E-state index >= 15 is 0 Å². The van der Waals surface area contributed by atoms with Gasteiger partial charge in [-0.05, 0) is 31.1 Å². The van der Waals surface area contributed by atoms with Gasteiger partial charge in [0.2, 0.25) is 5.75 Å². The maximum atomic E-state index is 14.0. The van der Waals surface area contributed by atoms with Gasteiger partial charge in [0.05, 0.1) is 22.9 Å². The lowest BCUT2D eigenvalue weighted by atomic mass is 9.99. The standard InChI is InChI=1S/C23H19Cl2FN6O3/c1-11(18-15(24)2-3-16(26)19(18)25)35-21-20-13(8-28-22(21)27)14(10-34-20)12-4-6-32(7-5-12)23(33)17-9-29-31-30-17/h2-4,8-11H,5-7H2,1H3,(H2,27,28)(H,29,30,31). The highest BCUT2D eigenvalue weighted by molar-refractivity contribution is 6.36. The minimum absolute atomic E-state index is 0.107. The third-order valence-electron chi connectivity index (χ3n) is 5.86. The predicted molar refractivity (Wildman–Crippen MR) is 129 cm³/mol. The van der Waals surface area contributed by atoms with Crippen molar-refractivity contribution in [2.75, 3.05) is 18.8 Å². The molecule has 1 amide bonds. The second kappa shape index (κ2) is 9.20. The van der Waals surface area contributed by atoms with Crippen molar-refractivity contribution in [1.29, 1.82) is 0 Å². The lowest BCUT2D eigenvalue weighted by Crippen LogP contribution is -2.34. The molecule has 180 valence electrons. The number of nitrogens with zero attached hydrogens (tertiary/aromatic N) is 4. The summed E-state index contributed by atoms with van der Waals surface area (Å²) in [5, 5.41) is 10.8. The van der Waals surface area contributed by atoms with Crippen LogP contribution in [0.1, 0.15) is 41.1 Å². The minimum Gasteiger partial charge on any atom is -0.478 e. The van der Waals surface area contributed by atoms with Gasteiger partial charge in [-0.25, -0.2) is 9.37 Å². The smallest absolute Gasteiger partial charge is 0.276 e. The highest BCUT2D eigenvalue weighted by Crippen LogP contribution is 2.41. The highest BCUT2D eigenvalue weighted by atomic mass is 35.5. The van der Waals surface area contributed by atoms with Crippen molar-refractivity contribution in [1.82, 2.24) is 25.3 Å². The molecule has 1 unspecified atom stereocenters. The normalized spacial score (nSPS) is 14.7. The van der Waals surface area contributed by atoms with Crippen LogP contribution < -0.4 is 10.5 Å². The first kappa shape index (κ1) is 23.1. The number of pyridine rings is 1. The number of fused-ring (bicyclic) bond motifs is 1. The minimum atomic E-state index is -0.737. The van der Waals surface area contributed by atoms with Gasteiger partial charge in [-0.2, -0.15) is 15.4 Å². The quantitative estimate of drug-likeness (QED) is 0.356. The van der Waals surface area contributed by atoms with Crippen molar-refractivity contribution < 1.29 is 18.3 Å². The SMILES string of the molecule is CC(Oc1c(N)ncc2c(C3=CCN(C(=O)c4cn[nH]n4)CC3)coc12)c1c(Cl)ccc(F)c1Cl. The van der Waals surface area contributed by atoms with E-state index in [0.29, 0.717) is 36.0 Å². The molecule has 0 saturated heterocycles. The van der Waals surface area contributed by atoms with E-state index in [1.807, 2.05) is 6.08 Å². The average Bonchev–Trinajstić information content (AvgIpc) is 3.54. The van der Waals surface area contributed by atoms with E-state index in [0.717, 1.165) is 11.1 Å². The lowest BCUT2D eigenvalue weighted by molar-refractivity contribution is 0.0767. The fraction of sp³-hybridized carbons (Fsp3) is 0.217. The molecule has 1 aromatic carbocycles. The number of ether oxygens (including phenoxy) is 1. The number of halogens is 3. The Morgan fingerprint density at radius 2 is 2.17 bits per heavy atom. The fourth-order valence-corrected chi connectivity index (χ4v) is 4.74. The number of amides is 1. The van der Waals surface area contributed by atoms with Crippen LogP contribution >= 0.6 is 23.2 Å². The first-order valence-electron chi connectivity index (χ1n) is 10.6. The number of nitrogens with two attached hydrogens (primary N) is 1. The van der Waals surface area contributed by atoms with Gasteiger partial charge in [0.15, 0.2) is 17.1 Å². The Morgan fingerprint density at radius 3 is 2.89 bits per heavy atom. The number of benzene rings is 1. The van der Waals surface area contributed by atoms with Crippen molar-refractivity contribution in [3.63, 3.8) is 0 Å². The van der Waals surface area contributed by atoms with Crippen LogP contribution in [-0.4, -0.2) is 44.3 Å². The van der Waals surface area contributed by atoms with Gasteiger partial charge >= 0.3 is 0 Å². The number of hydrogen-bond acceptors (Lipinski definition) is 7. The number of aromatic nitrogens is 4. The van der Waals surface area contributed by atoms with Crippen LogP contribution in [0.3, 0.4) is 0 Å². The Hall–Kier alpha value is -3.63. The maximum Gasteiger partial charge on any atom is 0.276 e. The van der Waals surface area contributed by atoms with Gasteiger partial charge in [-0.1, -0.05) is 29.3 Å². The van der Waals surface area contributed by atoms with E-state index in [1.54, 1.807) is 24.3 Å². The molecule has 1 aliphatic heterocycles. The highest BCUT2D eigenvalue weighted by Gasteiger charge is 2.25. The van der Waals surface area contributed by atoms with Gasteiger partial charge < -0.3 is 19.8 Å². The van der Waals surface area contributed by atoms with Crippen LogP contribution in [0.25, 0.3) is 16.5 Å². The Labute approximate surface area is 208 Å². The first-order chi connectivity index (χ1) is 16.8. The molecule has 0 aliphatic carbocycles. The van der Waals surface area contributed by atoms with E-state index in [-0.39, 0.29) is 33.2 Å². The number of carbonyl (C=O) groups excluding carboxylic acids is 1. The molecule has 12 heteroatoms. The van der Waals surface area contributed by atoms with Crippen molar-refractivity contribution in [2.45, 2.75) is 19.4 Å². The Kier molecular flexibility index (Phi) is 6.08. The number of nitrogen functional groups attached to an aromatic ring is 1. The molecule has 0 bridgehead atoms. The van der Waals surface area contributed by atoms with Gasteiger partial charge in [0.1, 0.15) is 11.9 Å². The second-order valence-electron chi connectivity index (χ2n) is 7.97. The third-order valence-corrected chi connectivity index (χ3v) is 6.57. The molecule has 9 nitrogen and oxygen atoms in total. The zero-order chi connectivity index (χ0) is 24.7. The van der Waals surface area contributed by atoms with E-state index in [9.17, 15) is 9.18 Å². The molecule has 5 rings (SSSR count). The molecule has 0 radical (unpaired) electrons. The molecular weight excluding hydrogens is 498 g/mol. The Bertz CT molecular complexity index is 1450. The predicted octanol–water partition coefficient (Wildman–Crippen LogP) is 5.04. The van der Waals surface area contributed by atoms with E-state index in [1.165, 1.54) is 18.3 Å². The van der Waals surface area contributed by atoms with Crippen LogP contribution in [0.5, 0.6) is 5.75 Å². The molecular formula is C23H19Cl2FN6O3. The topological polar surface area (TPSA) is 123 Å². The molecule has 1 aliphatic rings. The van der Waals surface area contributed by atoms with E-state index in [4.69, 9.17) is 38.1 Å². The Balaban J connectivity index is 1.43. The molecule has 3 aromatic heterocycles. The summed E-state index contributed by atoms with van der Waals surface area (Å²) in [4.78, 5) is 18.5. The van der Waals surface area contributed by atoms with Crippen LogP contribution in [-0.2, 0) is 0 Å². The average molecular weight is 517 g/mol. The zero-order valence-corrected chi connectivity index (χ0v) is 19.9. The summed E-state index contributed by atoms with van der Waals surface area (Å²) in [7, 11) is 0. The number of furan rings is 1. The summed E-state index contributed by atoms with van der Waals surface area (Å²) in [5.41, 5.74) is 8.87. The van der Waals surface area contributed by atoms with Gasteiger partial charge in [0.25, 0.3) is 5.91 Å². The van der Waals surface area contributed by atoms with Gasteiger partial charge in [-0.3, -0.25) is 4.79 Å². The first-order valence-corrected chi connectivity index (χ1v) is 11.4. The van der Waals surface area contributed by atoms with Crippen LogP contribution in [0, 0.1) is 5.82 Å². The molecule has 1 atom stereocenters. The fourth-order valence-electron chi connectivity index (χ4n) is 4.06. The van der Waals surface area contributed by atoms with Crippen molar-refractivity contribution in [3.05, 3.63) is 69.5 Å². The number of rotatable bonds is 5. The number of nitrogens with one attached hydrogen (secondary N) is 1. The molecule has 0 spiro atoms. The van der Waals surface area contributed by atoms with Crippen LogP contribution in [0.4, 0.5) is 10.2 Å². The lowest BCUT2D eigenvalue weighted by Gasteiger charge is -2.25. The number of anilines is 1. The van der Waals surface area contributed by atoms with Crippen molar-refractivity contribution >= 4 is 51.5 Å². The molecule has 4 heterocycles. The summed E-state index contributed by atoms with van der Waals surface area (Å²) in [6, 6.07) is 2.60. The summed E-state index contributed by atoms with van der Waals surface area (Å²) >= 11 is 12.4. The molecule has 4 aromatic rings. The number of aromatic amines is 1. The largest absolute Gasteiger partial charge is 0.478 e. The number of hydrogen-bond donors (Lipinski definition) is 2. The van der Waals surface area contributed by atoms with Crippen molar-refractivity contribution in [3.8, 4) is 5.75 Å². The van der Waals surface area contributed by atoms with Gasteiger partial charge in [-0.15, -0.1) is 0 Å². The molecule has 3 N–H and O–H groups in total. The van der Waals surface area contributed by atoms with Crippen molar-refractivity contribution in [2.24, 2.45) is 0 Å². The second-order valence-corrected chi connectivity index (χ2v) is 8.75. The number of H-pyrrole nitrogens is 1. The molecule has 0 fully saturated rings. The summed E-state index contributed by atoms with van der Waals surface area (Å²) < 4.78 is 25.9. The molecule has 0 saturated carbocycles. The summed E-state index contributed by atoms with van der Waals surface area (Å²) in [6.45, 7) is 2.59. The number of carbonyl (C=O) groups is 1. The summed E-state index contributed by atoms with van der Waals surface area (Å²) in [6.07, 6.45) is 6.43.